The number of amides is 1. The van der Waals surface area contributed by atoms with E-state index in [1.54, 1.807) is 12.1 Å². The standard InChI is InChI=1S/C39H48F7N5O4/c1-22-15-23-17-24(16-22)38(19-23,33(53)54)49-32(52)29-30(35(2,40)41)47-34(48-31(29)36(3,42)43)51-20-37(11-5-4-6-12-37)27-18-26(7-8-28(27)51)55-25-9-13-50(14-10-25)21-39(44,45)46/h7-8,18,22-25H,4-6,9-17,19-21H2,1-3H3,(H,49,52)(H,53,54). The Morgan fingerprint density at radius 3 is 2.16 bits per heavy atom. The summed E-state index contributed by atoms with van der Waals surface area (Å²) in [6.07, 6.45) is 2.10. The molecule has 3 saturated carbocycles. The van der Waals surface area contributed by atoms with Crippen molar-refractivity contribution in [2.45, 2.75) is 126 Å². The first-order valence-corrected chi connectivity index (χ1v) is 19.3. The number of carboxylic acids is 1. The van der Waals surface area contributed by atoms with E-state index in [0.29, 0.717) is 63.8 Å². The van der Waals surface area contributed by atoms with Gasteiger partial charge in [-0.1, -0.05) is 26.2 Å². The fraction of sp³-hybridized carbons (Fsp3) is 0.692. The van der Waals surface area contributed by atoms with Crippen LogP contribution in [0.25, 0.3) is 0 Å². The van der Waals surface area contributed by atoms with Crippen LogP contribution in [0.5, 0.6) is 5.75 Å². The number of aliphatic carboxylic acids is 1. The van der Waals surface area contributed by atoms with Crippen molar-refractivity contribution in [2.24, 2.45) is 17.8 Å². The highest BCUT2D eigenvalue weighted by atomic mass is 19.4. The lowest BCUT2D eigenvalue weighted by Crippen LogP contribution is -2.57. The van der Waals surface area contributed by atoms with Gasteiger partial charge in [-0.3, -0.25) is 9.69 Å². The molecule has 4 atom stereocenters. The van der Waals surface area contributed by atoms with Gasteiger partial charge in [-0.25, -0.2) is 14.8 Å². The molecular formula is C39H48F7N5O4. The number of piperidine rings is 1. The van der Waals surface area contributed by atoms with Gasteiger partial charge in [0, 0.05) is 44.6 Å². The number of nitrogens with one attached hydrogen (secondary N) is 1. The average Bonchev–Trinajstić information content (AvgIpc) is 3.53. The third-order valence-electron chi connectivity index (χ3n) is 12.6. The predicted molar refractivity (Wildman–Crippen MR) is 188 cm³/mol. The Kier molecular flexibility index (Phi) is 10.1. The summed E-state index contributed by atoms with van der Waals surface area (Å²) in [5.41, 5.74) is -4.57. The van der Waals surface area contributed by atoms with Crippen LogP contribution in [-0.2, 0) is 22.1 Å². The number of hydrogen-bond donors (Lipinski definition) is 2. The lowest BCUT2D eigenvalue weighted by atomic mass is 9.71. The van der Waals surface area contributed by atoms with Crippen molar-refractivity contribution in [1.82, 2.24) is 20.2 Å². The molecule has 2 aromatic rings. The third-order valence-corrected chi connectivity index (χ3v) is 12.6. The predicted octanol–water partition coefficient (Wildman–Crippen LogP) is 8.47. The summed E-state index contributed by atoms with van der Waals surface area (Å²) in [6.45, 7) is 2.57. The van der Waals surface area contributed by atoms with Gasteiger partial charge < -0.3 is 20.1 Å². The van der Waals surface area contributed by atoms with Crippen LogP contribution in [-0.4, -0.2) is 75.8 Å². The molecule has 2 aliphatic heterocycles. The summed E-state index contributed by atoms with van der Waals surface area (Å²) >= 11 is 0. The fourth-order valence-corrected chi connectivity index (χ4v) is 10.3. The minimum atomic E-state index is -4.29. The van der Waals surface area contributed by atoms with E-state index < -0.39 is 76.2 Å². The lowest BCUT2D eigenvalue weighted by molar-refractivity contribution is -0.149. The highest BCUT2D eigenvalue weighted by Crippen LogP contribution is 2.54. The molecule has 3 aliphatic carbocycles. The van der Waals surface area contributed by atoms with Gasteiger partial charge in [0.1, 0.15) is 28.8 Å². The van der Waals surface area contributed by atoms with Crippen LogP contribution in [0.4, 0.5) is 42.4 Å². The molecule has 55 heavy (non-hydrogen) atoms. The zero-order valence-corrected chi connectivity index (χ0v) is 31.3. The molecular weight excluding hydrogens is 735 g/mol. The van der Waals surface area contributed by atoms with Gasteiger partial charge in [-0.05, 0) is 92.9 Å². The number of ether oxygens (including phenoxy) is 1. The molecule has 1 aromatic heterocycles. The SMILES string of the molecule is CC1CC2CC(C1)C(NC(=O)c1c(C(C)(F)F)nc(N3CC4(CCCCC4)c4cc(OC5CCN(CC(F)(F)F)CC5)ccc43)nc1C(C)(F)F)(C(=O)O)C2. The van der Waals surface area contributed by atoms with Gasteiger partial charge in [0.15, 0.2) is 0 Å². The van der Waals surface area contributed by atoms with Crippen LogP contribution < -0.4 is 15.0 Å². The van der Waals surface area contributed by atoms with E-state index in [0.717, 1.165) is 31.2 Å². The monoisotopic (exact) mass is 783 g/mol. The van der Waals surface area contributed by atoms with E-state index in [4.69, 9.17) is 4.74 Å². The summed E-state index contributed by atoms with van der Waals surface area (Å²) < 4.78 is 108. The highest BCUT2D eigenvalue weighted by molar-refractivity contribution is 6.00. The summed E-state index contributed by atoms with van der Waals surface area (Å²) in [6, 6.07) is 5.20. The summed E-state index contributed by atoms with van der Waals surface area (Å²) in [7, 11) is 0. The van der Waals surface area contributed by atoms with Crippen molar-refractivity contribution >= 4 is 23.5 Å². The first kappa shape index (κ1) is 39.5. The average molecular weight is 784 g/mol. The number of alkyl halides is 7. The summed E-state index contributed by atoms with van der Waals surface area (Å²) in [5, 5.41) is 12.9. The maximum absolute atomic E-state index is 15.6. The number of carbonyl (C=O) groups is 2. The number of carboxylic acid groups (broad SMARTS) is 1. The van der Waals surface area contributed by atoms with Crippen molar-refractivity contribution in [3.05, 3.63) is 40.7 Å². The molecule has 2 bridgehead atoms. The smallest absolute Gasteiger partial charge is 0.401 e. The van der Waals surface area contributed by atoms with Crippen molar-refractivity contribution in [3.63, 3.8) is 0 Å². The Bertz CT molecular complexity index is 1760. The minimum Gasteiger partial charge on any atom is -0.490 e. The van der Waals surface area contributed by atoms with Crippen LogP contribution in [0.1, 0.15) is 119 Å². The number of nitrogens with zero attached hydrogens (tertiary/aromatic N) is 4. The molecule has 2 N–H and O–H groups in total. The molecule has 5 aliphatic rings. The Labute approximate surface area is 315 Å². The van der Waals surface area contributed by atoms with E-state index >= 15 is 17.6 Å². The van der Waals surface area contributed by atoms with Gasteiger partial charge in [0.05, 0.1) is 12.1 Å². The Morgan fingerprint density at radius 1 is 0.945 bits per heavy atom. The first-order chi connectivity index (χ1) is 25.7. The number of rotatable bonds is 9. The van der Waals surface area contributed by atoms with Crippen molar-refractivity contribution in [2.75, 3.05) is 31.1 Å². The lowest BCUT2D eigenvalue weighted by Gasteiger charge is -2.35. The first-order valence-electron chi connectivity index (χ1n) is 19.3. The zero-order valence-electron chi connectivity index (χ0n) is 31.3. The van der Waals surface area contributed by atoms with Crippen LogP contribution in [0.3, 0.4) is 0 Å². The van der Waals surface area contributed by atoms with Gasteiger partial charge in [0.25, 0.3) is 17.8 Å². The van der Waals surface area contributed by atoms with E-state index in [1.807, 2.05) is 13.0 Å². The van der Waals surface area contributed by atoms with Crippen LogP contribution in [0.2, 0.25) is 0 Å². The summed E-state index contributed by atoms with van der Waals surface area (Å²) in [5.74, 6) is -10.8. The molecule has 1 amide bonds. The Morgan fingerprint density at radius 2 is 1.58 bits per heavy atom. The molecule has 4 fully saturated rings. The number of anilines is 2. The number of aromatic nitrogens is 2. The largest absolute Gasteiger partial charge is 0.490 e. The fourth-order valence-electron chi connectivity index (χ4n) is 10.3. The third kappa shape index (κ3) is 7.72. The zero-order chi connectivity index (χ0) is 39.7. The minimum absolute atomic E-state index is 0.0208. The molecule has 3 heterocycles. The highest BCUT2D eigenvalue weighted by Gasteiger charge is 2.57. The van der Waals surface area contributed by atoms with Gasteiger partial charge in [-0.2, -0.15) is 30.7 Å². The van der Waals surface area contributed by atoms with E-state index in [9.17, 15) is 27.9 Å². The molecule has 4 unspecified atom stereocenters. The molecule has 1 saturated heterocycles. The number of carbonyl (C=O) groups excluding carboxylic acids is 1. The molecule has 9 nitrogen and oxygen atoms in total. The molecule has 1 spiro atoms. The van der Waals surface area contributed by atoms with Crippen molar-refractivity contribution in [3.8, 4) is 5.75 Å². The second kappa shape index (κ2) is 14.0. The van der Waals surface area contributed by atoms with Crippen LogP contribution >= 0.6 is 0 Å². The van der Waals surface area contributed by atoms with Crippen molar-refractivity contribution < 1.29 is 50.2 Å². The number of halogens is 7. The normalized spacial score (nSPS) is 27.3. The van der Waals surface area contributed by atoms with E-state index in [2.05, 4.69) is 15.3 Å². The number of benzene rings is 1. The number of hydrogen-bond acceptors (Lipinski definition) is 7. The van der Waals surface area contributed by atoms with Crippen LogP contribution in [0.15, 0.2) is 18.2 Å². The topological polar surface area (TPSA) is 108 Å². The number of fused-ring (bicyclic) bond motifs is 4. The molecule has 0 radical (unpaired) electrons. The second-order valence-electron chi connectivity index (χ2n) is 17.0. The molecule has 7 rings (SSSR count). The van der Waals surface area contributed by atoms with E-state index in [1.165, 1.54) is 9.80 Å². The van der Waals surface area contributed by atoms with Gasteiger partial charge in [-0.15, -0.1) is 0 Å². The maximum Gasteiger partial charge on any atom is 0.401 e. The maximum atomic E-state index is 15.6. The second-order valence-corrected chi connectivity index (χ2v) is 17.0. The van der Waals surface area contributed by atoms with Gasteiger partial charge in [0.2, 0.25) is 5.95 Å². The Hall–Kier alpha value is -3.69. The quantitative estimate of drug-likeness (QED) is 0.244. The van der Waals surface area contributed by atoms with Gasteiger partial charge >= 0.3 is 12.1 Å². The molecule has 1 aromatic carbocycles. The number of likely N-dealkylation sites (tertiary alicyclic amines) is 1. The molecule has 16 heteroatoms. The summed E-state index contributed by atoms with van der Waals surface area (Å²) in [4.78, 5) is 38.1. The van der Waals surface area contributed by atoms with Crippen LogP contribution in [0, 0.1) is 17.8 Å². The van der Waals surface area contributed by atoms with E-state index in [-0.39, 0.29) is 44.0 Å². The van der Waals surface area contributed by atoms with Crippen molar-refractivity contribution in [1.29, 1.82) is 0 Å². The Balaban J connectivity index is 1.24. The molecule has 302 valence electrons.